The number of hydrogen-bond donors (Lipinski definition) is 3. The molecule has 0 saturated carbocycles. The normalized spacial score (nSPS) is 11.8. The summed E-state index contributed by atoms with van der Waals surface area (Å²) in [4.78, 5) is 45.9. The van der Waals surface area contributed by atoms with E-state index in [2.05, 4.69) is 15.3 Å². The van der Waals surface area contributed by atoms with Crippen LogP contribution in [0.5, 0.6) is 0 Å². The van der Waals surface area contributed by atoms with Crippen molar-refractivity contribution in [3.63, 3.8) is 0 Å². The lowest BCUT2D eigenvalue weighted by Crippen LogP contribution is -2.50. The quantitative estimate of drug-likeness (QED) is 0.533. The summed E-state index contributed by atoms with van der Waals surface area (Å²) >= 11 is 0. The second kappa shape index (κ2) is 10.2. The summed E-state index contributed by atoms with van der Waals surface area (Å²) in [6.07, 6.45) is 3.36. The smallest absolute Gasteiger partial charge is 0.317 e. The maximum atomic E-state index is 12.5. The molecule has 9 nitrogen and oxygen atoms in total. The van der Waals surface area contributed by atoms with E-state index in [4.69, 9.17) is 5.11 Å². The molecule has 2 amide bonds. The van der Waals surface area contributed by atoms with Gasteiger partial charge in [0.15, 0.2) is 0 Å². The number of carboxylic acids is 1. The highest BCUT2D eigenvalue weighted by Gasteiger charge is 2.24. The average Bonchev–Trinajstić information content (AvgIpc) is 3.13. The third-order valence-corrected chi connectivity index (χ3v) is 4.03. The van der Waals surface area contributed by atoms with Crippen molar-refractivity contribution < 1.29 is 19.5 Å². The Bertz CT molecular complexity index is 777. The first-order chi connectivity index (χ1) is 13.3. The minimum Gasteiger partial charge on any atom is -0.480 e. The van der Waals surface area contributed by atoms with Gasteiger partial charge >= 0.3 is 5.97 Å². The van der Waals surface area contributed by atoms with Crippen molar-refractivity contribution >= 4 is 17.8 Å². The molecule has 1 atom stereocenters. The summed E-state index contributed by atoms with van der Waals surface area (Å²) in [6, 6.07) is 8.53. The second-order valence-corrected chi connectivity index (χ2v) is 6.66. The molecular weight excluding hydrogens is 362 g/mol. The SMILES string of the molecule is CN(C)C(=O)[C@H](Cc1cnc[nH]1)NC(=O)CN(CC(=O)O)Cc1ccccc1. The molecule has 28 heavy (non-hydrogen) atoms. The van der Waals surface area contributed by atoms with E-state index in [0.29, 0.717) is 12.2 Å². The highest BCUT2D eigenvalue weighted by atomic mass is 16.4. The molecule has 1 heterocycles. The Morgan fingerprint density at radius 3 is 2.46 bits per heavy atom. The second-order valence-electron chi connectivity index (χ2n) is 6.66. The van der Waals surface area contributed by atoms with E-state index in [1.165, 1.54) is 16.1 Å². The van der Waals surface area contributed by atoms with Gasteiger partial charge in [-0.2, -0.15) is 0 Å². The maximum Gasteiger partial charge on any atom is 0.317 e. The lowest BCUT2D eigenvalue weighted by molar-refractivity contribution is -0.139. The molecule has 0 spiro atoms. The van der Waals surface area contributed by atoms with Crippen molar-refractivity contribution in [2.45, 2.75) is 19.0 Å². The average molecular weight is 387 g/mol. The zero-order chi connectivity index (χ0) is 20.5. The molecule has 0 radical (unpaired) electrons. The van der Waals surface area contributed by atoms with Crippen LogP contribution in [-0.4, -0.2) is 75.9 Å². The molecule has 2 rings (SSSR count). The first-order valence-electron chi connectivity index (χ1n) is 8.81. The maximum absolute atomic E-state index is 12.5. The number of carboxylic acid groups (broad SMARTS) is 1. The van der Waals surface area contributed by atoms with Crippen LogP contribution in [0, 0.1) is 0 Å². The largest absolute Gasteiger partial charge is 0.480 e. The Hall–Kier alpha value is -3.20. The third kappa shape index (κ3) is 6.84. The fourth-order valence-corrected chi connectivity index (χ4v) is 2.77. The van der Waals surface area contributed by atoms with Gasteiger partial charge in [0, 0.05) is 39.0 Å². The molecule has 9 heteroatoms. The van der Waals surface area contributed by atoms with Crippen LogP contribution in [0.25, 0.3) is 0 Å². The predicted octanol–water partition coefficient (Wildman–Crippen LogP) is 0.112. The van der Waals surface area contributed by atoms with Crippen LogP contribution in [0.4, 0.5) is 0 Å². The zero-order valence-corrected chi connectivity index (χ0v) is 16.0. The van der Waals surface area contributed by atoms with Gasteiger partial charge in [-0.3, -0.25) is 19.3 Å². The number of imidazole rings is 1. The number of benzene rings is 1. The number of H-pyrrole nitrogens is 1. The number of aromatic amines is 1. The molecule has 0 fully saturated rings. The van der Waals surface area contributed by atoms with Crippen molar-refractivity contribution in [3.05, 3.63) is 54.1 Å². The Kier molecular flexibility index (Phi) is 7.70. The van der Waals surface area contributed by atoms with Crippen LogP contribution in [0.1, 0.15) is 11.3 Å². The van der Waals surface area contributed by atoms with E-state index in [-0.39, 0.29) is 25.4 Å². The first kappa shape index (κ1) is 21.1. The molecule has 0 unspecified atom stereocenters. The molecule has 2 aromatic rings. The molecule has 150 valence electrons. The summed E-state index contributed by atoms with van der Waals surface area (Å²) in [6.45, 7) is -0.107. The lowest BCUT2D eigenvalue weighted by atomic mass is 10.1. The highest BCUT2D eigenvalue weighted by Crippen LogP contribution is 2.05. The van der Waals surface area contributed by atoms with E-state index in [0.717, 1.165) is 5.56 Å². The Morgan fingerprint density at radius 2 is 1.89 bits per heavy atom. The molecule has 0 aliphatic carbocycles. The van der Waals surface area contributed by atoms with E-state index < -0.39 is 17.9 Å². The van der Waals surface area contributed by atoms with Crippen molar-refractivity contribution in [1.82, 2.24) is 25.1 Å². The van der Waals surface area contributed by atoms with E-state index >= 15 is 0 Å². The van der Waals surface area contributed by atoms with Gasteiger partial charge < -0.3 is 20.3 Å². The fraction of sp³-hybridized carbons (Fsp3) is 0.368. The van der Waals surface area contributed by atoms with Crippen LogP contribution >= 0.6 is 0 Å². The molecule has 0 saturated heterocycles. The number of likely N-dealkylation sites (N-methyl/N-ethyl adjacent to an activating group) is 1. The molecule has 3 N–H and O–H groups in total. The molecule has 1 aromatic heterocycles. The minimum atomic E-state index is -1.03. The van der Waals surface area contributed by atoms with Gasteiger partial charge in [0.05, 0.1) is 19.4 Å². The lowest BCUT2D eigenvalue weighted by Gasteiger charge is -2.24. The van der Waals surface area contributed by atoms with Gasteiger partial charge in [-0.1, -0.05) is 30.3 Å². The van der Waals surface area contributed by atoms with Gasteiger partial charge in [0.25, 0.3) is 0 Å². The predicted molar refractivity (Wildman–Crippen MR) is 102 cm³/mol. The van der Waals surface area contributed by atoms with Gasteiger partial charge in [-0.15, -0.1) is 0 Å². The number of nitrogens with zero attached hydrogens (tertiary/aromatic N) is 3. The number of hydrogen-bond acceptors (Lipinski definition) is 5. The highest BCUT2D eigenvalue weighted by molar-refractivity contribution is 5.88. The van der Waals surface area contributed by atoms with Crippen molar-refractivity contribution in [2.75, 3.05) is 27.2 Å². The van der Waals surface area contributed by atoms with E-state index in [1.54, 1.807) is 20.3 Å². The standard InChI is InChI=1S/C19H25N5O4/c1-23(2)19(28)16(8-15-9-20-13-21-15)22-17(25)11-24(12-18(26)27)10-14-6-4-3-5-7-14/h3-7,9,13,16H,8,10-12H2,1-2H3,(H,20,21)(H,22,25)(H,26,27)/t16-/m0/s1. The number of carbonyl (C=O) groups excluding carboxylic acids is 2. The number of aromatic nitrogens is 2. The van der Waals surface area contributed by atoms with Gasteiger partial charge in [0.2, 0.25) is 11.8 Å². The number of nitrogens with one attached hydrogen (secondary N) is 2. The minimum absolute atomic E-state index is 0.138. The molecular formula is C19H25N5O4. The van der Waals surface area contributed by atoms with Crippen LogP contribution in [0.15, 0.2) is 42.9 Å². The van der Waals surface area contributed by atoms with Crippen LogP contribution in [0.3, 0.4) is 0 Å². The van der Waals surface area contributed by atoms with Gasteiger partial charge in [0.1, 0.15) is 6.04 Å². The number of carbonyl (C=O) groups is 3. The third-order valence-electron chi connectivity index (χ3n) is 4.03. The molecule has 0 aliphatic heterocycles. The Balaban J connectivity index is 2.04. The van der Waals surface area contributed by atoms with Gasteiger partial charge in [-0.05, 0) is 5.56 Å². The molecule has 1 aromatic carbocycles. The topological polar surface area (TPSA) is 119 Å². The van der Waals surface area contributed by atoms with Crippen LogP contribution in [-0.2, 0) is 27.3 Å². The Labute approximate surface area is 163 Å². The molecule has 0 aliphatic rings. The summed E-state index contributed by atoms with van der Waals surface area (Å²) in [5.41, 5.74) is 1.61. The fourth-order valence-electron chi connectivity index (χ4n) is 2.77. The summed E-state index contributed by atoms with van der Waals surface area (Å²) in [5.74, 6) is -1.70. The van der Waals surface area contributed by atoms with Gasteiger partial charge in [-0.25, -0.2) is 4.98 Å². The summed E-state index contributed by atoms with van der Waals surface area (Å²) < 4.78 is 0. The van der Waals surface area contributed by atoms with Crippen LogP contribution in [0.2, 0.25) is 0 Å². The van der Waals surface area contributed by atoms with Crippen LogP contribution < -0.4 is 5.32 Å². The monoisotopic (exact) mass is 387 g/mol. The first-order valence-corrected chi connectivity index (χ1v) is 8.81. The molecule has 0 bridgehead atoms. The van der Waals surface area contributed by atoms with Crippen molar-refractivity contribution in [1.29, 1.82) is 0 Å². The number of amides is 2. The Morgan fingerprint density at radius 1 is 1.18 bits per heavy atom. The van der Waals surface area contributed by atoms with Crippen molar-refractivity contribution in [2.24, 2.45) is 0 Å². The van der Waals surface area contributed by atoms with E-state index in [1.807, 2.05) is 30.3 Å². The summed E-state index contributed by atoms with van der Waals surface area (Å²) in [5, 5.41) is 11.9. The van der Waals surface area contributed by atoms with Crippen molar-refractivity contribution in [3.8, 4) is 0 Å². The number of aliphatic carboxylic acids is 1. The zero-order valence-electron chi connectivity index (χ0n) is 16.0. The number of rotatable bonds is 10. The summed E-state index contributed by atoms with van der Waals surface area (Å²) in [7, 11) is 3.22. The van der Waals surface area contributed by atoms with E-state index in [9.17, 15) is 14.4 Å².